The van der Waals surface area contributed by atoms with Gasteiger partial charge in [0.25, 0.3) is 11.8 Å². The Hall–Kier alpha value is -3.68. The summed E-state index contributed by atoms with van der Waals surface area (Å²) in [5.41, 5.74) is 1.16. The SMILES string of the molecule is CC(=O)c1cccc(NC(=O)[C@H](C)OC(=O)c2ccc(OCC(=O)N3[C@@H](C)CCC[C@@H]3C)cc2)c1. The van der Waals surface area contributed by atoms with Crippen molar-refractivity contribution in [2.45, 2.75) is 65.1 Å². The summed E-state index contributed by atoms with van der Waals surface area (Å²) in [6.45, 7) is 6.94. The van der Waals surface area contributed by atoms with Gasteiger partial charge in [-0.3, -0.25) is 14.4 Å². The maximum Gasteiger partial charge on any atom is 0.338 e. The van der Waals surface area contributed by atoms with Crippen LogP contribution < -0.4 is 10.1 Å². The molecule has 2 amide bonds. The summed E-state index contributed by atoms with van der Waals surface area (Å²) >= 11 is 0. The normalized spacial score (nSPS) is 18.3. The van der Waals surface area contributed by atoms with E-state index in [1.807, 2.05) is 4.90 Å². The van der Waals surface area contributed by atoms with Crippen LogP contribution in [0, 0.1) is 0 Å². The molecule has 8 nitrogen and oxygen atoms in total. The van der Waals surface area contributed by atoms with E-state index in [-0.39, 0.29) is 35.9 Å². The van der Waals surface area contributed by atoms with Gasteiger partial charge in [0, 0.05) is 23.3 Å². The minimum atomic E-state index is -1.05. The number of rotatable bonds is 8. The molecule has 0 radical (unpaired) electrons. The molecule has 1 saturated heterocycles. The standard InChI is InChI=1S/C27H32N2O6/c1-17-7-5-8-18(2)29(17)25(31)16-34-24-13-11-21(12-14-24)27(33)35-20(4)26(32)28-23-10-6-9-22(15-23)19(3)30/h6,9-15,17-18,20H,5,7-8,16H2,1-4H3,(H,28,32)/t17-,18-,20-/m0/s1. The highest BCUT2D eigenvalue weighted by molar-refractivity contribution is 5.99. The Labute approximate surface area is 205 Å². The predicted molar refractivity (Wildman–Crippen MR) is 132 cm³/mol. The van der Waals surface area contributed by atoms with Crippen LogP contribution >= 0.6 is 0 Å². The van der Waals surface area contributed by atoms with Crippen molar-refractivity contribution in [3.05, 3.63) is 59.7 Å². The van der Waals surface area contributed by atoms with Gasteiger partial charge in [-0.05, 0) is 83.4 Å². The molecule has 0 aliphatic carbocycles. The number of esters is 1. The van der Waals surface area contributed by atoms with Gasteiger partial charge in [0.15, 0.2) is 18.5 Å². The number of hydrogen-bond acceptors (Lipinski definition) is 6. The average molecular weight is 481 g/mol. The maximum atomic E-state index is 12.6. The topological polar surface area (TPSA) is 102 Å². The van der Waals surface area contributed by atoms with Crippen molar-refractivity contribution in [3.8, 4) is 5.75 Å². The largest absolute Gasteiger partial charge is 0.484 e. The molecule has 1 fully saturated rings. The minimum absolute atomic E-state index is 0.0538. The number of amides is 2. The molecule has 0 unspecified atom stereocenters. The fourth-order valence-electron chi connectivity index (χ4n) is 4.16. The predicted octanol–water partition coefficient (Wildman–Crippen LogP) is 4.24. The average Bonchev–Trinajstić information content (AvgIpc) is 2.83. The molecule has 3 rings (SSSR count). The lowest BCUT2D eigenvalue weighted by Crippen LogP contribution is -2.49. The number of nitrogens with zero attached hydrogens (tertiary/aromatic N) is 1. The van der Waals surface area contributed by atoms with Crippen LogP contribution in [0.4, 0.5) is 5.69 Å². The van der Waals surface area contributed by atoms with Crippen LogP contribution in [0.1, 0.15) is 67.7 Å². The third-order valence-corrected chi connectivity index (χ3v) is 6.12. The van der Waals surface area contributed by atoms with E-state index in [1.165, 1.54) is 26.0 Å². The fraction of sp³-hybridized carbons (Fsp3) is 0.407. The molecule has 2 aromatic carbocycles. The van der Waals surface area contributed by atoms with Gasteiger partial charge in [-0.2, -0.15) is 0 Å². The number of benzene rings is 2. The summed E-state index contributed by atoms with van der Waals surface area (Å²) < 4.78 is 10.9. The van der Waals surface area contributed by atoms with Crippen LogP contribution in [-0.2, 0) is 14.3 Å². The molecular weight excluding hydrogens is 448 g/mol. The molecule has 1 aliphatic rings. The summed E-state index contributed by atoms with van der Waals surface area (Å²) in [4.78, 5) is 50.9. The summed E-state index contributed by atoms with van der Waals surface area (Å²) in [6.07, 6.45) is 2.06. The molecular formula is C27H32N2O6. The number of hydrogen-bond donors (Lipinski definition) is 1. The van der Waals surface area contributed by atoms with Crippen LogP contribution in [-0.4, -0.2) is 53.3 Å². The first-order valence-electron chi connectivity index (χ1n) is 11.8. The number of carbonyl (C=O) groups is 4. The first-order valence-corrected chi connectivity index (χ1v) is 11.8. The third-order valence-electron chi connectivity index (χ3n) is 6.12. The Morgan fingerprint density at radius 1 is 1.00 bits per heavy atom. The Morgan fingerprint density at radius 3 is 2.29 bits per heavy atom. The van der Waals surface area contributed by atoms with Crippen molar-refractivity contribution in [1.29, 1.82) is 0 Å². The lowest BCUT2D eigenvalue weighted by atomic mass is 9.97. The van der Waals surface area contributed by atoms with E-state index in [2.05, 4.69) is 19.2 Å². The van der Waals surface area contributed by atoms with Gasteiger partial charge >= 0.3 is 5.97 Å². The molecule has 186 valence electrons. The lowest BCUT2D eigenvalue weighted by molar-refractivity contribution is -0.139. The summed E-state index contributed by atoms with van der Waals surface area (Å²) in [5.74, 6) is -0.888. The number of ether oxygens (including phenoxy) is 2. The van der Waals surface area contributed by atoms with Gasteiger partial charge < -0.3 is 19.7 Å². The van der Waals surface area contributed by atoms with Crippen LogP contribution in [0.5, 0.6) is 5.75 Å². The van der Waals surface area contributed by atoms with Crippen LogP contribution in [0.3, 0.4) is 0 Å². The van der Waals surface area contributed by atoms with Crippen LogP contribution in [0.2, 0.25) is 0 Å². The van der Waals surface area contributed by atoms with Crippen LogP contribution in [0.25, 0.3) is 0 Å². The van der Waals surface area contributed by atoms with Gasteiger partial charge in [-0.15, -0.1) is 0 Å². The van der Waals surface area contributed by atoms with E-state index in [9.17, 15) is 19.2 Å². The summed E-state index contributed by atoms with van der Waals surface area (Å²) in [7, 11) is 0. The second-order valence-corrected chi connectivity index (χ2v) is 8.92. The third kappa shape index (κ3) is 6.91. The first kappa shape index (κ1) is 25.9. The molecule has 0 spiro atoms. The second kappa shape index (κ2) is 11.6. The molecule has 0 bridgehead atoms. The molecule has 1 N–H and O–H groups in total. The van der Waals surface area contributed by atoms with E-state index >= 15 is 0 Å². The smallest absolute Gasteiger partial charge is 0.338 e. The molecule has 0 aromatic heterocycles. The number of carbonyl (C=O) groups excluding carboxylic acids is 4. The Kier molecular flexibility index (Phi) is 8.63. The zero-order chi connectivity index (χ0) is 25.5. The van der Waals surface area contributed by atoms with Gasteiger partial charge in [0.1, 0.15) is 5.75 Å². The van der Waals surface area contributed by atoms with Gasteiger partial charge in [0.05, 0.1) is 5.56 Å². The highest BCUT2D eigenvalue weighted by Crippen LogP contribution is 2.23. The summed E-state index contributed by atoms with van der Waals surface area (Å²) in [6, 6.07) is 13.1. The van der Waals surface area contributed by atoms with Gasteiger partial charge in [-0.25, -0.2) is 4.79 Å². The Morgan fingerprint density at radius 2 is 1.66 bits per heavy atom. The number of anilines is 1. The Bertz CT molecular complexity index is 1070. The monoisotopic (exact) mass is 480 g/mol. The molecule has 8 heteroatoms. The van der Waals surface area contributed by atoms with E-state index in [0.29, 0.717) is 17.0 Å². The lowest BCUT2D eigenvalue weighted by Gasteiger charge is -2.38. The second-order valence-electron chi connectivity index (χ2n) is 8.92. The summed E-state index contributed by atoms with van der Waals surface area (Å²) in [5, 5.41) is 2.64. The molecule has 2 aromatic rings. The molecule has 35 heavy (non-hydrogen) atoms. The number of nitrogens with one attached hydrogen (secondary N) is 1. The minimum Gasteiger partial charge on any atom is -0.484 e. The fourth-order valence-corrected chi connectivity index (χ4v) is 4.16. The molecule has 1 heterocycles. The Balaban J connectivity index is 1.51. The van der Waals surface area contributed by atoms with E-state index in [1.54, 1.807) is 36.4 Å². The highest BCUT2D eigenvalue weighted by Gasteiger charge is 2.29. The quantitative estimate of drug-likeness (QED) is 0.448. The van der Waals surface area contributed by atoms with Crippen LogP contribution in [0.15, 0.2) is 48.5 Å². The van der Waals surface area contributed by atoms with E-state index in [0.717, 1.165) is 19.3 Å². The number of ketones is 1. The van der Waals surface area contributed by atoms with E-state index < -0.39 is 18.0 Å². The van der Waals surface area contributed by atoms with Crippen molar-refractivity contribution in [3.63, 3.8) is 0 Å². The van der Waals surface area contributed by atoms with Crippen molar-refractivity contribution >= 4 is 29.3 Å². The van der Waals surface area contributed by atoms with Gasteiger partial charge in [-0.1, -0.05) is 12.1 Å². The zero-order valence-electron chi connectivity index (χ0n) is 20.6. The first-order chi connectivity index (χ1) is 16.7. The number of likely N-dealkylation sites (tertiary alicyclic amines) is 1. The van der Waals surface area contributed by atoms with Crippen molar-refractivity contribution < 1.29 is 28.7 Å². The number of Topliss-reactive ketones (excluding diaryl/α,β-unsaturated/α-hetero) is 1. The molecule has 3 atom stereocenters. The van der Waals surface area contributed by atoms with Crippen molar-refractivity contribution in [2.24, 2.45) is 0 Å². The number of piperidine rings is 1. The van der Waals surface area contributed by atoms with Gasteiger partial charge in [0.2, 0.25) is 0 Å². The van der Waals surface area contributed by atoms with Crippen molar-refractivity contribution in [1.82, 2.24) is 4.90 Å². The molecule has 1 aliphatic heterocycles. The van der Waals surface area contributed by atoms with Crippen molar-refractivity contribution in [2.75, 3.05) is 11.9 Å². The van der Waals surface area contributed by atoms with E-state index in [4.69, 9.17) is 9.47 Å². The zero-order valence-corrected chi connectivity index (χ0v) is 20.6. The maximum absolute atomic E-state index is 12.6. The molecule has 0 saturated carbocycles. The highest BCUT2D eigenvalue weighted by atomic mass is 16.5.